The van der Waals surface area contributed by atoms with Crippen LogP contribution in [0, 0.1) is 5.82 Å². The van der Waals surface area contributed by atoms with Crippen molar-refractivity contribution in [2.24, 2.45) is 0 Å². The van der Waals surface area contributed by atoms with E-state index < -0.39 is 5.82 Å². The summed E-state index contributed by atoms with van der Waals surface area (Å²) in [6.07, 6.45) is 0.809. The first-order valence-electron chi connectivity index (χ1n) is 4.74. The van der Waals surface area contributed by atoms with Gasteiger partial charge in [-0.1, -0.05) is 30.1 Å². The molecule has 1 aromatic rings. The van der Waals surface area contributed by atoms with Crippen LogP contribution in [0.4, 0.5) is 4.39 Å². The lowest BCUT2D eigenvalue weighted by Gasteiger charge is -2.16. The lowest BCUT2D eigenvalue weighted by Crippen LogP contribution is -2.28. The Hall–Kier alpha value is -0.870. The fraction of sp³-hybridized carbons (Fsp3) is 0.400. The van der Waals surface area contributed by atoms with E-state index >= 15 is 0 Å². The summed E-state index contributed by atoms with van der Waals surface area (Å²) in [5, 5.41) is -0.418. The summed E-state index contributed by atoms with van der Waals surface area (Å²) >= 11 is 11.2. The van der Waals surface area contributed by atoms with Crippen molar-refractivity contribution in [1.29, 1.82) is 0 Å². The van der Waals surface area contributed by atoms with Gasteiger partial charge in [-0.2, -0.15) is 0 Å². The minimum atomic E-state index is -0.751. The highest BCUT2D eigenvalue weighted by Crippen LogP contribution is 2.21. The van der Waals surface area contributed by atoms with Crippen molar-refractivity contribution in [3.05, 3.63) is 27.8 Å². The van der Waals surface area contributed by atoms with Gasteiger partial charge in [0.1, 0.15) is 5.15 Å². The fourth-order valence-electron chi connectivity index (χ4n) is 1.24. The molecular formula is C10H11Cl2FN2O. The Morgan fingerprint density at radius 1 is 1.50 bits per heavy atom. The molecule has 0 aromatic carbocycles. The summed E-state index contributed by atoms with van der Waals surface area (Å²) in [5.74, 6) is -1.12. The Morgan fingerprint density at radius 3 is 2.69 bits per heavy atom. The zero-order valence-corrected chi connectivity index (χ0v) is 10.4. The minimum absolute atomic E-state index is 0.0273. The smallest absolute Gasteiger partial charge is 0.256 e. The molecular weight excluding hydrogens is 254 g/mol. The third-order valence-corrected chi connectivity index (χ3v) is 2.58. The Labute approximate surface area is 103 Å². The van der Waals surface area contributed by atoms with Gasteiger partial charge in [-0.25, -0.2) is 9.37 Å². The predicted molar refractivity (Wildman–Crippen MR) is 61.5 cm³/mol. The quantitative estimate of drug-likeness (QED) is 0.787. The number of rotatable bonds is 3. The minimum Gasteiger partial charge on any atom is -0.342 e. The monoisotopic (exact) mass is 264 g/mol. The van der Waals surface area contributed by atoms with Crippen LogP contribution in [0.3, 0.4) is 0 Å². The summed E-state index contributed by atoms with van der Waals surface area (Å²) in [6, 6.07) is 1.01. The average molecular weight is 265 g/mol. The molecule has 1 heterocycles. The van der Waals surface area contributed by atoms with E-state index in [1.54, 1.807) is 7.05 Å². The number of halogens is 3. The lowest BCUT2D eigenvalue weighted by atomic mass is 10.2. The Bertz CT molecular complexity index is 412. The van der Waals surface area contributed by atoms with Crippen molar-refractivity contribution >= 4 is 29.1 Å². The van der Waals surface area contributed by atoms with Crippen LogP contribution in [0.15, 0.2) is 6.07 Å². The van der Waals surface area contributed by atoms with Gasteiger partial charge >= 0.3 is 0 Å². The summed E-state index contributed by atoms with van der Waals surface area (Å²) in [4.78, 5) is 16.8. The molecule has 0 fully saturated rings. The van der Waals surface area contributed by atoms with E-state index in [4.69, 9.17) is 23.2 Å². The first-order valence-corrected chi connectivity index (χ1v) is 5.50. The molecule has 0 aliphatic heterocycles. The molecule has 0 radical (unpaired) electrons. The van der Waals surface area contributed by atoms with Gasteiger partial charge in [0.2, 0.25) is 0 Å². The number of hydrogen-bond acceptors (Lipinski definition) is 2. The van der Waals surface area contributed by atoms with E-state index in [9.17, 15) is 9.18 Å². The highest BCUT2D eigenvalue weighted by Gasteiger charge is 2.18. The third kappa shape index (κ3) is 2.83. The van der Waals surface area contributed by atoms with Crippen LogP contribution in [0.25, 0.3) is 0 Å². The molecule has 0 aliphatic carbocycles. The molecule has 3 nitrogen and oxygen atoms in total. The van der Waals surface area contributed by atoms with Gasteiger partial charge in [0.25, 0.3) is 5.91 Å². The second kappa shape index (κ2) is 5.46. The topological polar surface area (TPSA) is 33.2 Å². The van der Waals surface area contributed by atoms with Crippen LogP contribution >= 0.6 is 23.2 Å². The summed E-state index contributed by atoms with van der Waals surface area (Å²) in [7, 11) is 1.62. The molecule has 0 saturated carbocycles. The SMILES string of the molecule is CCCN(C)C(=O)c1cc(F)c(Cl)nc1Cl. The number of carbonyl (C=O) groups excluding carboxylic acids is 1. The number of carbonyl (C=O) groups is 1. The third-order valence-electron chi connectivity index (χ3n) is 2.02. The first kappa shape index (κ1) is 13.2. The van der Waals surface area contributed by atoms with Crippen molar-refractivity contribution in [3.63, 3.8) is 0 Å². The average Bonchev–Trinajstić information content (AvgIpc) is 2.23. The molecule has 6 heteroatoms. The van der Waals surface area contributed by atoms with Crippen molar-refractivity contribution in [1.82, 2.24) is 9.88 Å². The van der Waals surface area contributed by atoms with Gasteiger partial charge in [-0.05, 0) is 12.5 Å². The zero-order chi connectivity index (χ0) is 12.3. The molecule has 0 aliphatic rings. The summed E-state index contributed by atoms with van der Waals surface area (Å²) in [5.41, 5.74) is 0.0273. The van der Waals surface area contributed by atoms with E-state index in [1.165, 1.54) is 4.90 Å². The number of pyridine rings is 1. The fourth-order valence-corrected chi connectivity index (χ4v) is 1.64. The van der Waals surface area contributed by atoms with Gasteiger partial charge in [0.15, 0.2) is 11.0 Å². The van der Waals surface area contributed by atoms with Gasteiger partial charge in [0.05, 0.1) is 5.56 Å². The molecule has 0 N–H and O–H groups in total. The van der Waals surface area contributed by atoms with Crippen LogP contribution < -0.4 is 0 Å². The van der Waals surface area contributed by atoms with Gasteiger partial charge in [-0.3, -0.25) is 4.79 Å². The van der Waals surface area contributed by atoms with E-state index in [0.717, 1.165) is 12.5 Å². The zero-order valence-electron chi connectivity index (χ0n) is 8.93. The maximum atomic E-state index is 13.1. The number of amides is 1. The lowest BCUT2D eigenvalue weighted by molar-refractivity contribution is 0.0794. The molecule has 1 amide bonds. The molecule has 0 saturated heterocycles. The number of hydrogen-bond donors (Lipinski definition) is 0. The van der Waals surface area contributed by atoms with E-state index in [-0.39, 0.29) is 21.8 Å². The van der Waals surface area contributed by atoms with E-state index in [0.29, 0.717) is 6.54 Å². The summed E-state index contributed by atoms with van der Waals surface area (Å²) in [6.45, 7) is 2.51. The largest absolute Gasteiger partial charge is 0.342 e. The molecule has 0 atom stereocenters. The molecule has 1 aromatic heterocycles. The van der Waals surface area contributed by atoms with Crippen LogP contribution in [0.1, 0.15) is 23.7 Å². The molecule has 0 bridgehead atoms. The standard InChI is InChI=1S/C10H11Cl2FN2O/c1-3-4-15(2)10(16)6-5-7(13)9(12)14-8(6)11/h5H,3-4H2,1-2H3. The van der Waals surface area contributed by atoms with Gasteiger partial charge in [-0.15, -0.1) is 0 Å². The van der Waals surface area contributed by atoms with Crippen LogP contribution in [0.5, 0.6) is 0 Å². The number of nitrogens with zero attached hydrogens (tertiary/aromatic N) is 2. The molecule has 0 unspecified atom stereocenters. The molecule has 0 spiro atoms. The van der Waals surface area contributed by atoms with E-state index in [1.807, 2.05) is 6.92 Å². The summed E-state index contributed by atoms with van der Waals surface area (Å²) < 4.78 is 13.1. The maximum absolute atomic E-state index is 13.1. The Kier molecular flexibility index (Phi) is 4.50. The van der Waals surface area contributed by atoms with Crippen LogP contribution in [0.2, 0.25) is 10.3 Å². The van der Waals surface area contributed by atoms with Crippen LogP contribution in [-0.2, 0) is 0 Å². The van der Waals surface area contributed by atoms with Gasteiger partial charge in [0, 0.05) is 13.6 Å². The van der Waals surface area contributed by atoms with Crippen molar-refractivity contribution < 1.29 is 9.18 Å². The van der Waals surface area contributed by atoms with Crippen molar-refractivity contribution in [2.75, 3.05) is 13.6 Å². The maximum Gasteiger partial charge on any atom is 0.256 e. The highest BCUT2D eigenvalue weighted by atomic mass is 35.5. The van der Waals surface area contributed by atoms with Crippen molar-refractivity contribution in [2.45, 2.75) is 13.3 Å². The predicted octanol–water partition coefficient (Wildman–Crippen LogP) is 3.01. The van der Waals surface area contributed by atoms with Crippen LogP contribution in [-0.4, -0.2) is 29.4 Å². The first-order chi connectivity index (χ1) is 7.47. The van der Waals surface area contributed by atoms with Crippen molar-refractivity contribution in [3.8, 4) is 0 Å². The Balaban J connectivity index is 3.04. The van der Waals surface area contributed by atoms with Gasteiger partial charge < -0.3 is 4.90 Å². The van der Waals surface area contributed by atoms with E-state index in [2.05, 4.69) is 4.98 Å². The Morgan fingerprint density at radius 2 is 2.12 bits per heavy atom. The second-order valence-electron chi connectivity index (χ2n) is 3.33. The normalized spacial score (nSPS) is 10.3. The molecule has 88 valence electrons. The molecule has 16 heavy (non-hydrogen) atoms. The molecule has 1 rings (SSSR count). The number of aromatic nitrogens is 1. The highest BCUT2D eigenvalue weighted by molar-refractivity contribution is 6.34. The second-order valence-corrected chi connectivity index (χ2v) is 4.04.